The molecule has 0 spiro atoms. The third-order valence-corrected chi connectivity index (χ3v) is 6.02. The molecule has 0 aliphatic carbocycles. The van der Waals surface area contributed by atoms with Crippen LogP contribution in [0, 0.1) is 0 Å². The van der Waals surface area contributed by atoms with Gasteiger partial charge in [0.05, 0.1) is 30.9 Å². The number of aromatic nitrogens is 1. The number of thioether (sulfide) groups is 1. The number of hydrogen-bond donors (Lipinski definition) is 0. The molecule has 5 nitrogen and oxygen atoms in total. The van der Waals surface area contributed by atoms with Crippen LogP contribution in [0.25, 0.3) is 10.2 Å². The Kier molecular flexibility index (Phi) is 6.23. The van der Waals surface area contributed by atoms with Gasteiger partial charge in [0.1, 0.15) is 0 Å². The van der Waals surface area contributed by atoms with Gasteiger partial charge in [-0.05, 0) is 30.9 Å². The van der Waals surface area contributed by atoms with E-state index in [2.05, 4.69) is 4.99 Å². The highest BCUT2D eigenvalue weighted by Crippen LogP contribution is 2.33. The van der Waals surface area contributed by atoms with Crippen LogP contribution in [-0.2, 0) is 17.8 Å². The quantitative estimate of drug-likeness (QED) is 0.582. The average molecular weight is 403 g/mol. The fourth-order valence-electron chi connectivity index (χ4n) is 2.85. The van der Waals surface area contributed by atoms with Crippen molar-refractivity contribution >= 4 is 39.2 Å². The SMILES string of the molecule is CCn1c(=NC(=O)Cc2ccc(SC)cc2)sc2cc(OC)c(OC)cc21. The maximum absolute atomic E-state index is 12.5. The number of nitrogens with zero attached hydrogens (tertiary/aromatic N) is 2. The summed E-state index contributed by atoms with van der Waals surface area (Å²) in [4.78, 5) is 18.7. The Morgan fingerprint density at radius 1 is 1.15 bits per heavy atom. The molecule has 7 heteroatoms. The molecule has 142 valence electrons. The molecule has 1 amide bonds. The van der Waals surface area contributed by atoms with Gasteiger partial charge in [0, 0.05) is 23.6 Å². The Labute approximate surface area is 166 Å². The number of thiazole rings is 1. The number of hydrogen-bond acceptors (Lipinski definition) is 5. The third kappa shape index (κ3) is 4.20. The average Bonchev–Trinajstić information content (AvgIpc) is 3.02. The Balaban J connectivity index is 1.97. The second kappa shape index (κ2) is 8.63. The Morgan fingerprint density at radius 2 is 1.81 bits per heavy atom. The lowest BCUT2D eigenvalue weighted by Gasteiger charge is -2.08. The first-order chi connectivity index (χ1) is 13.1. The minimum absolute atomic E-state index is 0.153. The predicted molar refractivity (Wildman–Crippen MR) is 111 cm³/mol. The van der Waals surface area contributed by atoms with Crippen molar-refractivity contribution in [2.24, 2.45) is 4.99 Å². The molecule has 1 aromatic heterocycles. The molecular weight excluding hydrogens is 380 g/mol. The van der Waals surface area contributed by atoms with Gasteiger partial charge in [0.15, 0.2) is 16.3 Å². The van der Waals surface area contributed by atoms with Crippen LogP contribution in [0.3, 0.4) is 0 Å². The summed E-state index contributed by atoms with van der Waals surface area (Å²) in [5.74, 6) is 1.18. The lowest BCUT2D eigenvalue weighted by molar-refractivity contribution is -0.117. The summed E-state index contributed by atoms with van der Waals surface area (Å²) in [5.41, 5.74) is 1.95. The third-order valence-electron chi connectivity index (χ3n) is 4.24. The molecule has 0 saturated carbocycles. The maximum Gasteiger partial charge on any atom is 0.252 e. The molecule has 0 fully saturated rings. The summed E-state index contributed by atoms with van der Waals surface area (Å²) in [6.45, 7) is 2.75. The first kappa shape index (κ1) is 19.5. The van der Waals surface area contributed by atoms with Crippen molar-refractivity contribution in [2.75, 3.05) is 20.5 Å². The van der Waals surface area contributed by atoms with Gasteiger partial charge < -0.3 is 14.0 Å². The zero-order chi connectivity index (χ0) is 19.4. The molecule has 3 aromatic rings. The highest BCUT2D eigenvalue weighted by Gasteiger charge is 2.12. The van der Waals surface area contributed by atoms with Crippen LogP contribution in [0.2, 0.25) is 0 Å². The van der Waals surface area contributed by atoms with Crippen LogP contribution in [0.15, 0.2) is 46.3 Å². The van der Waals surface area contributed by atoms with Crippen molar-refractivity contribution in [3.8, 4) is 11.5 Å². The fraction of sp³-hybridized carbons (Fsp3) is 0.300. The van der Waals surface area contributed by atoms with Crippen LogP contribution >= 0.6 is 23.1 Å². The van der Waals surface area contributed by atoms with Crippen molar-refractivity contribution in [3.05, 3.63) is 46.8 Å². The minimum atomic E-state index is -0.153. The van der Waals surface area contributed by atoms with E-state index in [1.165, 1.54) is 16.2 Å². The first-order valence-corrected chi connectivity index (χ1v) is 10.6. The van der Waals surface area contributed by atoms with Gasteiger partial charge in [-0.25, -0.2) is 0 Å². The molecular formula is C20H22N2O3S2. The lowest BCUT2D eigenvalue weighted by Crippen LogP contribution is -2.16. The Bertz CT molecular complexity index is 1020. The molecule has 0 N–H and O–H groups in total. The van der Waals surface area contributed by atoms with Gasteiger partial charge in [-0.3, -0.25) is 4.79 Å². The van der Waals surface area contributed by atoms with E-state index in [0.29, 0.717) is 29.3 Å². The van der Waals surface area contributed by atoms with Gasteiger partial charge in [-0.2, -0.15) is 4.99 Å². The second-order valence-corrected chi connectivity index (χ2v) is 7.72. The van der Waals surface area contributed by atoms with Gasteiger partial charge in [-0.1, -0.05) is 23.5 Å². The van der Waals surface area contributed by atoms with E-state index in [9.17, 15) is 4.79 Å². The Morgan fingerprint density at radius 3 is 2.41 bits per heavy atom. The smallest absolute Gasteiger partial charge is 0.252 e. The molecule has 0 unspecified atom stereocenters. The molecule has 0 saturated heterocycles. The number of amides is 1. The summed E-state index contributed by atoms with van der Waals surface area (Å²) in [7, 11) is 3.23. The summed E-state index contributed by atoms with van der Waals surface area (Å²) in [6.07, 6.45) is 2.32. The summed E-state index contributed by atoms with van der Waals surface area (Å²) in [6, 6.07) is 11.9. The molecule has 0 atom stereocenters. The number of methoxy groups -OCH3 is 2. The topological polar surface area (TPSA) is 52.8 Å². The van der Waals surface area contributed by atoms with Gasteiger partial charge in [0.25, 0.3) is 5.91 Å². The largest absolute Gasteiger partial charge is 0.493 e. The number of aryl methyl sites for hydroxylation is 1. The number of ether oxygens (including phenoxy) is 2. The molecule has 0 bridgehead atoms. The van der Waals surface area contributed by atoms with E-state index < -0.39 is 0 Å². The highest BCUT2D eigenvalue weighted by molar-refractivity contribution is 7.98. The standard InChI is InChI=1S/C20H22N2O3S2/c1-5-22-15-11-16(24-2)17(25-3)12-18(15)27-20(22)21-19(23)10-13-6-8-14(26-4)9-7-13/h6-9,11-12H,5,10H2,1-4H3. The molecule has 0 aliphatic heterocycles. The number of rotatable bonds is 6. The molecule has 0 aliphatic rings. The van der Waals surface area contributed by atoms with Crippen LogP contribution < -0.4 is 14.3 Å². The number of carbonyl (C=O) groups excluding carboxylic acids is 1. The first-order valence-electron chi connectivity index (χ1n) is 8.55. The van der Waals surface area contributed by atoms with Crippen molar-refractivity contribution in [3.63, 3.8) is 0 Å². The van der Waals surface area contributed by atoms with E-state index >= 15 is 0 Å². The van der Waals surface area contributed by atoms with Gasteiger partial charge in [-0.15, -0.1) is 11.8 Å². The van der Waals surface area contributed by atoms with E-state index in [1.54, 1.807) is 26.0 Å². The summed E-state index contributed by atoms with van der Waals surface area (Å²) >= 11 is 3.16. The van der Waals surface area contributed by atoms with Crippen LogP contribution in [-0.4, -0.2) is 30.9 Å². The van der Waals surface area contributed by atoms with Crippen LogP contribution in [0.4, 0.5) is 0 Å². The summed E-state index contributed by atoms with van der Waals surface area (Å²) in [5, 5.41) is 0. The normalized spacial score (nSPS) is 11.8. The number of carbonyl (C=O) groups is 1. The van der Waals surface area contributed by atoms with Gasteiger partial charge >= 0.3 is 0 Å². The minimum Gasteiger partial charge on any atom is -0.493 e. The number of fused-ring (bicyclic) bond motifs is 1. The van der Waals surface area contributed by atoms with Crippen molar-refractivity contribution < 1.29 is 14.3 Å². The maximum atomic E-state index is 12.5. The monoisotopic (exact) mass is 402 g/mol. The van der Waals surface area contributed by atoms with Crippen LogP contribution in [0.5, 0.6) is 11.5 Å². The zero-order valence-electron chi connectivity index (χ0n) is 15.8. The van der Waals surface area contributed by atoms with Crippen molar-refractivity contribution in [2.45, 2.75) is 24.8 Å². The van der Waals surface area contributed by atoms with Crippen molar-refractivity contribution in [1.29, 1.82) is 0 Å². The van der Waals surface area contributed by atoms with E-state index in [4.69, 9.17) is 9.47 Å². The number of benzene rings is 2. The predicted octanol–water partition coefficient (Wildman–Crippen LogP) is 4.13. The summed E-state index contributed by atoms with van der Waals surface area (Å²) < 4.78 is 13.8. The van der Waals surface area contributed by atoms with E-state index in [0.717, 1.165) is 15.8 Å². The lowest BCUT2D eigenvalue weighted by atomic mass is 10.1. The van der Waals surface area contributed by atoms with Crippen LogP contribution in [0.1, 0.15) is 12.5 Å². The van der Waals surface area contributed by atoms with Crippen molar-refractivity contribution in [1.82, 2.24) is 4.57 Å². The molecule has 0 radical (unpaired) electrons. The fourth-order valence-corrected chi connectivity index (χ4v) is 4.38. The van der Waals surface area contributed by atoms with E-state index in [-0.39, 0.29) is 5.91 Å². The van der Waals surface area contributed by atoms with E-state index in [1.807, 2.05) is 54.1 Å². The molecule has 27 heavy (non-hydrogen) atoms. The highest BCUT2D eigenvalue weighted by atomic mass is 32.2. The Hall–Kier alpha value is -2.25. The second-order valence-electron chi connectivity index (χ2n) is 5.83. The molecule has 1 heterocycles. The molecule has 2 aromatic carbocycles. The zero-order valence-corrected chi connectivity index (χ0v) is 17.4. The van der Waals surface area contributed by atoms with Gasteiger partial charge in [0.2, 0.25) is 0 Å². The molecule has 3 rings (SSSR count).